The van der Waals surface area contributed by atoms with Crippen molar-refractivity contribution in [1.82, 2.24) is 29.5 Å². The Balaban J connectivity index is 1.42. The molecule has 9 nitrogen and oxygen atoms in total. The fourth-order valence-electron chi connectivity index (χ4n) is 5.11. The minimum atomic E-state index is -4.35. The molecule has 0 aliphatic carbocycles. The Hall–Kier alpha value is -3.93. The number of allylic oxidation sites excluding steroid dienone is 2. The van der Waals surface area contributed by atoms with Gasteiger partial charge in [-0.15, -0.1) is 5.10 Å². The van der Waals surface area contributed by atoms with E-state index in [1.54, 1.807) is 28.9 Å². The number of carbonyl (C=O) groups is 2. The second kappa shape index (κ2) is 12.7. The molecule has 2 aromatic rings. The van der Waals surface area contributed by atoms with Crippen molar-refractivity contribution in [3.05, 3.63) is 60.0 Å². The molecule has 2 aliphatic heterocycles. The predicted octanol–water partition coefficient (Wildman–Crippen LogP) is 4.80. The minimum Gasteiger partial charge on any atom is -0.339 e. The van der Waals surface area contributed by atoms with Gasteiger partial charge in [-0.1, -0.05) is 18.7 Å². The summed E-state index contributed by atoms with van der Waals surface area (Å²) < 4.78 is 39.1. The first kappa shape index (κ1) is 30.0. The van der Waals surface area contributed by atoms with Crippen LogP contribution < -0.4 is 5.32 Å². The van der Waals surface area contributed by atoms with E-state index in [4.69, 9.17) is 0 Å². The third kappa shape index (κ3) is 7.43. The fourth-order valence-corrected chi connectivity index (χ4v) is 5.11. The summed E-state index contributed by atoms with van der Waals surface area (Å²) in [6.07, 6.45) is 0.681. The van der Waals surface area contributed by atoms with Crippen LogP contribution in [0, 0.1) is 0 Å². The average molecular weight is 572 g/mol. The molecule has 1 aromatic carbocycles. The first-order valence-electron chi connectivity index (χ1n) is 13.6. The van der Waals surface area contributed by atoms with Gasteiger partial charge in [0.05, 0.1) is 6.42 Å². The van der Waals surface area contributed by atoms with Gasteiger partial charge in [-0.2, -0.15) is 18.2 Å². The largest absolute Gasteiger partial charge is 0.389 e. The molecule has 2 aliphatic rings. The van der Waals surface area contributed by atoms with E-state index in [0.717, 1.165) is 30.7 Å². The maximum Gasteiger partial charge on any atom is 0.389 e. The highest BCUT2D eigenvalue weighted by Crippen LogP contribution is 2.29. The summed E-state index contributed by atoms with van der Waals surface area (Å²) in [4.78, 5) is 35.3. The molecule has 220 valence electrons. The number of amides is 2. The highest BCUT2D eigenvalue weighted by atomic mass is 19.4. The Morgan fingerprint density at radius 2 is 1.95 bits per heavy atom. The summed E-state index contributed by atoms with van der Waals surface area (Å²) >= 11 is 0. The Morgan fingerprint density at radius 3 is 2.51 bits per heavy atom. The smallest absolute Gasteiger partial charge is 0.339 e. The Bertz CT molecular complexity index is 1330. The summed E-state index contributed by atoms with van der Waals surface area (Å²) in [6, 6.07) is 7.37. The Kier molecular flexibility index (Phi) is 9.31. The minimum absolute atomic E-state index is 0.0210. The monoisotopic (exact) mass is 571 g/mol. The highest BCUT2D eigenvalue weighted by molar-refractivity contribution is 5.94. The van der Waals surface area contributed by atoms with Crippen LogP contribution in [0.5, 0.6) is 0 Å². The first-order chi connectivity index (χ1) is 19.5. The molecule has 0 bridgehead atoms. The second-order valence-electron chi connectivity index (χ2n) is 10.3. The van der Waals surface area contributed by atoms with Gasteiger partial charge in [-0.3, -0.25) is 9.59 Å². The van der Waals surface area contributed by atoms with E-state index in [1.807, 2.05) is 31.0 Å². The number of halogens is 3. The summed E-state index contributed by atoms with van der Waals surface area (Å²) in [6.45, 7) is 8.09. The average Bonchev–Trinajstić information content (AvgIpc) is 3.57. The van der Waals surface area contributed by atoms with Gasteiger partial charge < -0.3 is 20.0 Å². The number of benzene rings is 1. The van der Waals surface area contributed by atoms with Crippen LogP contribution in [0.15, 0.2) is 48.6 Å². The van der Waals surface area contributed by atoms with E-state index in [9.17, 15) is 22.8 Å². The molecule has 1 N–H and O–H groups in total. The van der Waals surface area contributed by atoms with Crippen molar-refractivity contribution >= 4 is 35.2 Å². The lowest BCUT2D eigenvalue weighted by Crippen LogP contribution is -2.38. The van der Waals surface area contributed by atoms with Crippen molar-refractivity contribution in [2.75, 3.05) is 45.6 Å². The van der Waals surface area contributed by atoms with Crippen molar-refractivity contribution in [2.24, 2.45) is 0 Å². The number of aromatic nitrogens is 3. The van der Waals surface area contributed by atoms with Crippen LogP contribution in [-0.4, -0.2) is 93.8 Å². The third-order valence-corrected chi connectivity index (χ3v) is 7.49. The standard InChI is InChI=1S/C29H36F3N7O2/c1-5-24(20-12-17-38(18-13-20)25(40)11-15-29(30,31)32)26-34-28(35-39(26)6-2)33-22-9-7-21(8-10-22)27(41)37(4)23-14-16-36(3)19-23/h5-10,12,23H,2,11,13-19H2,1,3-4H3,(H,33,35). The van der Waals surface area contributed by atoms with Gasteiger partial charge in [0.25, 0.3) is 5.91 Å². The van der Waals surface area contributed by atoms with Crippen LogP contribution in [-0.2, 0) is 4.79 Å². The van der Waals surface area contributed by atoms with Crippen LogP contribution in [0.4, 0.5) is 24.8 Å². The quantitative estimate of drug-likeness (QED) is 0.465. The van der Waals surface area contributed by atoms with Crippen molar-refractivity contribution in [3.63, 3.8) is 0 Å². The van der Waals surface area contributed by atoms with E-state index in [2.05, 4.69) is 33.9 Å². The highest BCUT2D eigenvalue weighted by Gasteiger charge is 2.30. The van der Waals surface area contributed by atoms with Crippen molar-refractivity contribution in [3.8, 4) is 0 Å². The van der Waals surface area contributed by atoms with Crippen LogP contribution in [0.1, 0.15) is 48.8 Å². The van der Waals surface area contributed by atoms with E-state index < -0.39 is 24.9 Å². The Labute approximate surface area is 238 Å². The number of hydrogen-bond acceptors (Lipinski definition) is 6. The summed E-state index contributed by atoms with van der Waals surface area (Å²) in [5.74, 6) is 0.353. The fraction of sp³-hybridized carbons (Fsp3) is 0.448. The first-order valence-corrected chi connectivity index (χ1v) is 13.6. The van der Waals surface area contributed by atoms with Gasteiger partial charge >= 0.3 is 6.18 Å². The zero-order valence-corrected chi connectivity index (χ0v) is 23.6. The molecular formula is C29H36F3N7O2. The molecular weight excluding hydrogens is 535 g/mol. The number of nitrogens with zero attached hydrogens (tertiary/aromatic N) is 6. The molecule has 4 rings (SSSR count). The molecule has 1 saturated heterocycles. The maximum atomic E-state index is 13.0. The number of alkyl halides is 3. The number of hydrogen-bond donors (Lipinski definition) is 1. The molecule has 1 aromatic heterocycles. The Morgan fingerprint density at radius 1 is 1.22 bits per heavy atom. The number of rotatable bonds is 9. The third-order valence-electron chi connectivity index (χ3n) is 7.49. The SMILES string of the molecule is C=Cn1nc(Nc2ccc(C(=O)N(C)C3CCN(C)C3)cc2)nc1C(=CC)C1=CCN(C(=O)CCC(F)(F)F)CC1. The molecule has 0 radical (unpaired) electrons. The van der Waals surface area contributed by atoms with E-state index in [1.165, 1.54) is 11.1 Å². The lowest BCUT2D eigenvalue weighted by molar-refractivity contribution is -0.148. The van der Waals surface area contributed by atoms with Crippen molar-refractivity contribution < 1.29 is 22.8 Å². The van der Waals surface area contributed by atoms with Gasteiger partial charge in [0.2, 0.25) is 11.9 Å². The van der Waals surface area contributed by atoms with Crippen molar-refractivity contribution in [2.45, 2.75) is 44.8 Å². The summed E-state index contributed by atoms with van der Waals surface area (Å²) in [5.41, 5.74) is 3.04. The second-order valence-corrected chi connectivity index (χ2v) is 10.3. The molecule has 12 heteroatoms. The van der Waals surface area contributed by atoms with Crippen molar-refractivity contribution in [1.29, 1.82) is 0 Å². The molecule has 1 unspecified atom stereocenters. The molecule has 1 fully saturated rings. The lowest BCUT2D eigenvalue weighted by Gasteiger charge is -2.27. The normalized spacial score (nSPS) is 18.3. The summed E-state index contributed by atoms with van der Waals surface area (Å²) in [7, 11) is 3.90. The lowest BCUT2D eigenvalue weighted by atomic mass is 9.98. The van der Waals surface area contributed by atoms with Crippen LogP contribution >= 0.6 is 0 Å². The zero-order valence-electron chi connectivity index (χ0n) is 23.6. The van der Waals surface area contributed by atoms with Crippen LogP contribution in [0.3, 0.4) is 0 Å². The van der Waals surface area contributed by atoms with Gasteiger partial charge in [0, 0.05) is 62.2 Å². The van der Waals surface area contributed by atoms with Crippen LogP contribution in [0.25, 0.3) is 11.8 Å². The van der Waals surface area contributed by atoms with Gasteiger partial charge in [-0.05, 0) is 63.2 Å². The number of likely N-dealkylation sites (tertiary alicyclic amines) is 1. The van der Waals surface area contributed by atoms with Gasteiger partial charge in [0.15, 0.2) is 5.82 Å². The number of anilines is 2. The maximum absolute atomic E-state index is 13.0. The van der Waals surface area contributed by atoms with E-state index in [0.29, 0.717) is 36.0 Å². The number of nitrogens with one attached hydrogen (secondary N) is 1. The summed E-state index contributed by atoms with van der Waals surface area (Å²) in [5, 5.41) is 7.65. The van der Waals surface area contributed by atoms with E-state index >= 15 is 0 Å². The van der Waals surface area contributed by atoms with Gasteiger partial charge in [-0.25, -0.2) is 4.68 Å². The number of carbonyl (C=O) groups excluding carboxylic acids is 2. The topological polar surface area (TPSA) is 86.6 Å². The molecule has 41 heavy (non-hydrogen) atoms. The molecule has 0 spiro atoms. The molecule has 2 amide bonds. The molecule has 3 heterocycles. The number of likely N-dealkylation sites (N-methyl/N-ethyl adjacent to an activating group) is 2. The zero-order chi connectivity index (χ0) is 29.7. The van der Waals surface area contributed by atoms with Gasteiger partial charge in [0.1, 0.15) is 0 Å². The van der Waals surface area contributed by atoms with E-state index in [-0.39, 0.29) is 18.5 Å². The molecule has 1 atom stereocenters. The van der Waals surface area contributed by atoms with Crippen LogP contribution in [0.2, 0.25) is 0 Å². The molecule has 0 saturated carbocycles. The predicted molar refractivity (Wildman–Crippen MR) is 152 cm³/mol.